The van der Waals surface area contributed by atoms with Gasteiger partial charge in [0.05, 0.1) is 11.8 Å². The third-order valence-corrected chi connectivity index (χ3v) is 3.33. The van der Waals surface area contributed by atoms with E-state index in [0.29, 0.717) is 5.92 Å². The molecule has 1 aliphatic rings. The van der Waals surface area contributed by atoms with E-state index in [9.17, 15) is 5.11 Å². The van der Waals surface area contributed by atoms with Crippen LogP contribution >= 0.6 is 0 Å². The van der Waals surface area contributed by atoms with Gasteiger partial charge in [-0.3, -0.25) is 0 Å². The van der Waals surface area contributed by atoms with Gasteiger partial charge >= 0.3 is 0 Å². The Hall–Kier alpha value is -1.16. The van der Waals surface area contributed by atoms with Crippen LogP contribution in [0.15, 0.2) is 12.1 Å². The van der Waals surface area contributed by atoms with Gasteiger partial charge in [-0.25, -0.2) is 0 Å². The summed E-state index contributed by atoms with van der Waals surface area (Å²) in [5.41, 5.74) is 0.947. The van der Waals surface area contributed by atoms with Crippen LogP contribution in [-0.2, 0) is 0 Å². The van der Waals surface area contributed by atoms with Crippen molar-refractivity contribution in [1.29, 1.82) is 0 Å². The lowest BCUT2D eigenvalue weighted by atomic mass is 9.92. The number of nitrogens with zero attached hydrogens (tertiary/aromatic N) is 3. The number of rotatable bonds is 2. The van der Waals surface area contributed by atoms with E-state index in [4.69, 9.17) is 0 Å². The van der Waals surface area contributed by atoms with Gasteiger partial charge in [0.15, 0.2) is 5.82 Å². The molecule has 0 aromatic carbocycles. The van der Waals surface area contributed by atoms with E-state index >= 15 is 0 Å². The average Bonchev–Trinajstić information content (AvgIpc) is 2.30. The standard InChI is InChI=1S/C12H19N3O/c1-9-3-4-12(14-13-9)15-7-5-11(6-8-15)10(2)16/h3-4,10-11,16H,5-8H2,1-2H3. The van der Waals surface area contributed by atoms with Crippen LogP contribution in [0.2, 0.25) is 0 Å². The van der Waals surface area contributed by atoms with E-state index in [0.717, 1.165) is 37.4 Å². The molecule has 0 spiro atoms. The number of piperidine rings is 1. The second-order valence-electron chi connectivity index (χ2n) is 4.60. The summed E-state index contributed by atoms with van der Waals surface area (Å²) in [5.74, 6) is 1.39. The van der Waals surface area contributed by atoms with Crippen LogP contribution in [0.1, 0.15) is 25.5 Å². The van der Waals surface area contributed by atoms with E-state index in [2.05, 4.69) is 15.1 Å². The van der Waals surface area contributed by atoms with Crippen LogP contribution in [0.5, 0.6) is 0 Å². The predicted octanol–water partition coefficient (Wildman–Crippen LogP) is 1.38. The fourth-order valence-electron chi connectivity index (χ4n) is 2.17. The summed E-state index contributed by atoms with van der Waals surface area (Å²) in [6.45, 7) is 5.75. The molecule has 4 heteroatoms. The first kappa shape index (κ1) is 11.3. The zero-order valence-corrected chi connectivity index (χ0v) is 9.93. The average molecular weight is 221 g/mol. The summed E-state index contributed by atoms with van der Waals surface area (Å²) < 4.78 is 0. The molecule has 4 nitrogen and oxygen atoms in total. The van der Waals surface area contributed by atoms with Crippen LogP contribution < -0.4 is 4.90 Å². The Labute approximate surface area is 96.3 Å². The fraction of sp³-hybridized carbons (Fsp3) is 0.667. The molecule has 88 valence electrons. The molecule has 0 bridgehead atoms. The van der Waals surface area contributed by atoms with Gasteiger partial charge < -0.3 is 10.0 Å². The van der Waals surface area contributed by atoms with Gasteiger partial charge in [-0.2, -0.15) is 5.10 Å². The Morgan fingerprint density at radius 1 is 1.31 bits per heavy atom. The molecule has 1 aliphatic heterocycles. The summed E-state index contributed by atoms with van der Waals surface area (Å²) in [7, 11) is 0. The lowest BCUT2D eigenvalue weighted by Gasteiger charge is -2.33. The molecule has 1 aromatic rings. The van der Waals surface area contributed by atoms with Crippen molar-refractivity contribution in [2.24, 2.45) is 5.92 Å². The molecule has 1 N–H and O–H groups in total. The smallest absolute Gasteiger partial charge is 0.151 e. The topological polar surface area (TPSA) is 49.2 Å². The van der Waals surface area contributed by atoms with E-state index in [1.807, 2.05) is 26.0 Å². The quantitative estimate of drug-likeness (QED) is 0.819. The first-order valence-electron chi connectivity index (χ1n) is 5.90. The third kappa shape index (κ3) is 2.50. The Bertz CT molecular complexity index is 329. The Balaban J connectivity index is 1.96. The van der Waals surface area contributed by atoms with Gasteiger partial charge in [0.25, 0.3) is 0 Å². The Morgan fingerprint density at radius 2 is 2.00 bits per heavy atom. The molecule has 0 aliphatic carbocycles. The van der Waals surface area contributed by atoms with Gasteiger partial charge in [0.2, 0.25) is 0 Å². The summed E-state index contributed by atoms with van der Waals surface area (Å²) in [5, 5.41) is 17.8. The van der Waals surface area contributed by atoms with Crippen molar-refractivity contribution in [2.45, 2.75) is 32.8 Å². The molecular weight excluding hydrogens is 202 g/mol. The minimum absolute atomic E-state index is 0.189. The number of aryl methyl sites for hydroxylation is 1. The first-order chi connectivity index (χ1) is 7.66. The maximum atomic E-state index is 9.52. The number of hydrogen-bond donors (Lipinski definition) is 1. The van der Waals surface area contributed by atoms with E-state index in [1.54, 1.807) is 0 Å². The van der Waals surface area contributed by atoms with Gasteiger partial charge in [-0.05, 0) is 44.7 Å². The molecule has 1 unspecified atom stereocenters. The SMILES string of the molecule is Cc1ccc(N2CCC(C(C)O)CC2)nn1. The van der Waals surface area contributed by atoms with Crippen molar-refractivity contribution >= 4 is 5.82 Å². The molecule has 16 heavy (non-hydrogen) atoms. The highest BCUT2D eigenvalue weighted by molar-refractivity contribution is 5.37. The highest BCUT2D eigenvalue weighted by Crippen LogP contribution is 2.23. The molecule has 0 radical (unpaired) electrons. The summed E-state index contributed by atoms with van der Waals surface area (Å²) in [6.07, 6.45) is 1.88. The number of aliphatic hydroxyl groups is 1. The van der Waals surface area contributed by atoms with Crippen LogP contribution in [0.25, 0.3) is 0 Å². The molecule has 2 rings (SSSR count). The van der Waals surface area contributed by atoms with Crippen molar-refractivity contribution in [2.75, 3.05) is 18.0 Å². The van der Waals surface area contributed by atoms with Crippen molar-refractivity contribution in [1.82, 2.24) is 10.2 Å². The van der Waals surface area contributed by atoms with Crippen LogP contribution in [-0.4, -0.2) is 34.5 Å². The van der Waals surface area contributed by atoms with Crippen LogP contribution in [0.4, 0.5) is 5.82 Å². The minimum Gasteiger partial charge on any atom is -0.393 e. The van der Waals surface area contributed by atoms with E-state index in [1.165, 1.54) is 0 Å². The fourth-order valence-corrected chi connectivity index (χ4v) is 2.17. The minimum atomic E-state index is -0.189. The van der Waals surface area contributed by atoms with Gasteiger partial charge in [0, 0.05) is 13.1 Å². The third-order valence-electron chi connectivity index (χ3n) is 3.33. The largest absolute Gasteiger partial charge is 0.393 e. The van der Waals surface area contributed by atoms with Crippen molar-refractivity contribution < 1.29 is 5.11 Å². The van der Waals surface area contributed by atoms with Crippen molar-refractivity contribution in [3.8, 4) is 0 Å². The van der Waals surface area contributed by atoms with Crippen molar-refractivity contribution in [3.63, 3.8) is 0 Å². The number of aliphatic hydroxyl groups excluding tert-OH is 1. The molecular formula is C12H19N3O. The van der Waals surface area contributed by atoms with Gasteiger partial charge in [-0.1, -0.05) is 0 Å². The second kappa shape index (κ2) is 4.78. The molecule has 1 aromatic heterocycles. The Kier molecular flexibility index (Phi) is 3.39. The summed E-state index contributed by atoms with van der Waals surface area (Å²) in [4.78, 5) is 2.24. The monoisotopic (exact) mass is 221 g/mol. The molecule has 1 saturated heterocycles. The molecule has 1 fully saturated rings. The number of aromatic nitrogens is 2. The van der Waals surface area contributed by atoms with Gasteiger partial charge in [0.1, 0.15) is 0 Å². The zero-order chi connectivity index (χ0) is 11.5. The number of anilines is 1. The predicted molar refractivity (Wildman–Crippen MR) is 63.4 cm³/mol. The molecule has 1 atom stereocenters. The maximum Gasteiger partial charge on any atom is 0.151 e. The van der Waals surface area contributed by atoms with Crippen LogP contribution in [0.3, 0.4) is 0 Å². The molecule has 0 saturated carbocycles. The number of hydrogen-bond acceptors (Lipinski definition) is 4. The first-order valence-corrected chi connectivity index (χ1v) is 5.90. The van der Waals surface area contributed by atoms with Gasteiger partial charge in [-0.15, -0.1) is 5.10 Å². The highest BCUT2D eigenvalue weighted by Gasteiger charge is 2.23. The zero-order valence-electron chi connectivity index (χ0n) is 9.93. The summed E-state index contributed by atoms with van der Waals surface area (Å²) >= 11 is 0. The van der Waals surface area contributed by atoms with Crippen molar-refractivity contribution in [3.05, 3.63) is 17.8 Å². The molecule has 0 amide bonds. The van der Waals surface area contributed by atoms with E-state index in [-0.39, 0.29) is 6.10 Å². The normalized spacial score (nSPS) is 19.8. The lowest BCUT2D eigenvalue weighted by Crippen LogP contribution is -2.37. The van der Waals surface area contributed by atoms with E-state index < -0.39 is 0 Å². The second-order valence-corrected chi connectivity index (χ2v) is 4.60. The maximum absolute atomic E-state index is 9.52. The lowest BCUT2D eigenvalue weighted by molar-refractivity contribution is 0.109. The molecule has 2 heterocycles. The summed E-state index contributed by atoms with van der Waals surface area (Å²) in [6, 6.07) is 4.01. The Morgan fingerprint density at radius 3 is 2.50 bits per heavy atom. The van der Waals surface area contributed by atoms with Crippen LogP contribution in [0, 0.1) is 12.8 Å². The highest BCUT2D eigenvalue weighted by atomic mass is 16.3.